The van der Waals surface area contributed by atoms with Crippen molar-refractivity contribution in [2.45, 2.75) is 31.7 Å². The molecule has 0 saturated carbocycles. The maximum Gasteiger partial charge on any atom is 0.240 e. The zero-order valence-corrected chi connectivity index (χ0v) is 14.0. The van der Waals surface area contributed by atoms with Crippen molar-refractivity contribution in [1.82, 2.24) is 9.80 Å². The number of carbonyl (C=O) groups is 3. The summed E-state index contributed by atoms with van der Waals surface area (Å²) in [6, 6.07) is 5.63. The van der Waals surface area contributed by atoms with E-state index in [4.69, 9.17) is 5.73 Å². The molecule has 6 nitrogen and oxygen atoms in total. The Morgan fingerprint density at radius 3 is 2.64 bits per heavy atom. The second-order valence-electron chi connectivity index (χ2n) is 6.71. The van der Waals surface area contributed by atoms with Crippen LogP contribution in [0.25, 0.3) is 0 Å². The van der Waals surface area contributed by atoms with E-state index < -0.39 is 17.9 Å². The van der Waals surface area contributed by atoms with Crippen molar-refractivity contribution in [2.75, 3.05) is 19.6 Å². The number of rotatable bonds is 5. The second kappa shape index (κ2) is 7.21. The number of halogens is 1. The SMILES string of the molecule is NC(=O)[C@H]1CCCN1C(=O)C1CC(=O)N(CCc2ccc(F)cc2)C1. The van der Waals surface area contributed by atoms with Crippen molar-refractivity contribution in [3.05, 3.63) is 35.6 Å². The van der Waals surface area contributed by atoms with E-state index in [1.54, 1.807) is 17.0 Å². The third kappa shape index (κ3) is 3.81. The van der Waals surface area contributed by atoms with Gasteiger partial charge in [0.1, 0.15) is 11.9 Å². The van der Waals surface area contributed by atoms with Gasteiger partial charge in [-0.3, -0.25) is 14.4 Å². The van der Waals surface area contributed by atoms with E-state index in [9.17, 15) is 18.8 Å². The van der Waals surface area contributed by atoms with Crippen LogP contribution in [0.15, 0.2) is 24.3 Å². The van der Waals surface area contributed by atoms with Gasteiger partial charge in [-0.2, -0.15) is 0 Å². The topological polar surface area (TPSA) is 83.7 Å². The summed E-state index contributed by atoms with van der Waals surface area (Å²) in [5.74, 6) is -1.40. The smallest absolute Gasteiger partial charge is 0.240 e. The number of hydrogen-bond donors (Lipinski definition) is 1. The van der Waals surface area contributed by atoms with E-state index in [0.29, 0.717) is 32.5 Å². The minimum Gasteiger partial charge on any atom is -0.368 e. The van der Waals surface area contributed by atoms with Gasteiger partial charge in [-0.15, -0.1) is 0 Å². The lowest BCUT2D eigenvalue weighted by Gasteiger charge is -2.25. The zero-order valence-electron chi connectivity index (χ0n) is 14.0. The summed E-state index contributed by atoms with van der Waals surface area (Å²) in [5, 5.41) is 0. The lowest BCUT2D eigenvalue weighted by Crippen LogP contribution is -2.46. The maximum atomic E-state index is 12.9. The number of carbonyl (C=O) groups excluding carboxylic acids is 3. The first-order valence-corrected chi connectivity index (χ1v) is 8.57. The van der Waals surface area contributed by atoms with Crippen LogP contribution < -0.4 is 5.73 Å². The Morgan fingerprint density at radius 2 is 1.96 bits per heavy atom. The fourth-order valence-electron chi connectivity index (χ4n) is 3.63. The molecular weight excluding hydrogens is 325 g/mol. The van der Waals surface area contributed by atoms with Crippen LogP contribution in [0.1, 0.15) is 24.8 Å². The molecule has 134 valence electrons. The lowest BCUT2D eigenvalue weighted by atomic mass is 10.1. The number of primary amides is 1. The quantitative estimate of drug-likeness (QED) is 0.851. The van der Waals surface area contributed by atoms with Gasteiger partial charge in [0.05, 0.1) is 5.92 Å². The Balaban J connectivity index is 1.57. The van der Waals surface area contributed by atoms with Gasteiger partial charge in [-0.1, -0.05) is 12.1 Å². The average molecular weight is 347 g/mol. The molecule has 0 spiro atoms. The summed E-state index contributed by atoms with van der Waals surface area (Å²) in [5.41, 5.74) is 6.31. The molecule has 2 aliphatic heterocycles. The van der Waals surface area contributed by atoms with Gasteiger partial charge < -0.3 is 15.5 Å². The van der Waals surface area contributed by atoms with E-state index in [-0.39, 0.29) is 24.1 Å². The number of hydrogen-bond acceptors (Lipinski definition) is 3. The predicted octanol–water partition coefficient (Wildman–Crippen LogP) is 0.693. The largest absolute Gasteiger partial charge is 0.368 e. The molecule has 2 atom stereocenters. The Bertz CT molecular complexity index is 677. The van der Waals surface area contributed by atoms with Gasteiger partial charge >= 0.3 is 0 Å². The van der Waals surface area contributed by atoms with Crippen molar-refractivity contribution in [3.8, 4) is 0 Å². The highest BCUT2D eigenvalue weighted by atomic mass is 19.1. The molecule has 25 heavy (non-hydrogen) atoms. The standard InChI is InChI=1S/C18H22FN3O3/c19-14-5-3-12(4-6-14)7-9-21-11-13(10-16(21)23)18(25)22-8-1-2-15(22)17(20)24/h3-6,13,15H,1-2,7-11H2,(H2,20,24)/t13?,15-/m1/s1. The molecule has 1 unspecified atom stereocenters. The molecule has 2 fully saturated rings. The number of amides is 3. The van der Waals surface area contributed by atoms with Crippen molar-refractivity contribution in [3.63, 3.8) is 0 Å². The first kappa shape index (κ1) is 17.4. The summed E-state index contributed by atoms with van der Waals surface area (Å²) >= 11 is 0. The van der Waals surface area contributed by atoms with Crippen LogP contribution in [-0.4, -0.2) is 53.2 Å². The van der Waals surface area contributed by atoms with Crippen LogP contribution in [0.5, 0.6) is 0 Å². The average Bonchev–Trinajstić information content (AvgIpc) is 3.21. The van der Waals surface area contributed by atoms with Gasteiger partial charge in [0, 0.05) is 26.1 Å². The molecule has 2 heterocycles. The van der Waals surface area contributed by atoms with Crippen molar-refractivity contribution in [1.29, 1.82) is 0 Å². The van der Waals surface area contributed by atoms with E-state index in [0.717, 1.165) is 12.0 Å². The van der Waals surface area contributed by atoms with Crippen LogP contribution in [0.3, 0.4) is 0 Å². The Hall–Kier alpha value is -2.44. The lowest BCUT2D eigenvalue weighted by molar-refractivity contribution is -0.140. The molecule has 1 aromatic carbocycles. The number of likely N-dealkylation sites (tertiary alicyclic amines) is 2. The molecule has 1 aromatic rings. The van der Waals surface area contributed by atoms with Crippen LogP contribution in [0, 0.1) is 11.7 Å². The fraction of sp³-hybridized carbons (Fsp3) is 0.500. The van der Waals surface area contributed by atoms with Crippen molar-refractivity contribution >= 4 is 17.7 Å². The normalized spacial score (nSPS) is 23.3. The Kier molecular flexibility index (Phi) is 5.01. The Morgan fingerprint density at radius 1 is 1.24 bits per heavy atom. The fourth-order valence-corrected chi connectivity index (χ4v) is 3.63. The van der Waals surface area contributed by atoms with Gasteiger partial charge in [0.15, 0.2) is 0 Å². The minimum atomic E-state index is -0.545. The number of benzene rings is 1. The molecule has 2 N–H and O–H groups in total. The summed E-state index contributed by atoms with van der Waals surface area (Å²) in [6.45, 7) is 1.38. The summed E-state index contributed by atoms with van der Waals surface area (Å²) < 4.78 is 12.9. The van der Waals surface area contributed by atoms with Gasteiger partial charge in [0.2, 0.25) is 17.7 Å². The molecule has 2 saturated heterocycles. The third-order valence-corrected chi connectivity index (χ3v) is 5.01. The maximum absolute atomic E-state index is 12.9. The predicted molar refractivity (Wildman–Crippen MR) is 88.7 cm³/mol. The third-order valence-electron chi connectivity index (χ3n) is 5.01. The first-order chi connectivity index (χ1) is 12.0. The van der Waals surface area contributed by atoms with Gasteiger partial charge in [-0.25, -0.2) is 4.39 Å². The summed E-state index contributed by atoms with van der Waals surface area (Å²) in [6.07, 6.45) is 2.13. The molecule has 3 amide bonds. The van der Waals surface area contributed by atoms with Crippen LogP contribution >= 0.6 is 0 Å². The van der Waals surface area contributed by atoms with E-state index >= 15 is 0 Å². The molecule has 3 rings (SSSR count). The number of nitrogens with two attached hydrogens (primary N) is 1. The van der Waals surface area contributed by atoms with Crippen LogP contribution in [0.2, 0.25) is 0 Å². The molecular formula is C18H22FN3O3. The molecule has 0 bridgehead atoms. The van der Waals surface area contributed by atoms with Crippen molar-refractivity contribution < 1.29 is 18.8 Å². The van der Waals surface area contributed by atoms with E-state index in [2.05, 4.69) is 0 Å². The highest BCUT2D eigenvalue weighted by molar-refractivity contribution is 5.92. The molecule has 0 aromatic heterocycles. The Labute approximate surface area is 145 Å². The monoisotopic (exact) mass is 347 g/mol. The molecule has 0 aliphatic carbocycles. The molecule has 7 heteroatoms. The van der Waals surface area contributed by atoms with Crippen molar-refractivity contribution in [2.24, 2.45) is 11.7 Å². The van der Waals surface area contributed by atoms with Crippen LogP contribution in [-0.2, 0) is 20.8 Å². The number of nitrogens with zero attached hydrogens (tertiary/aromatic N) is 2. The second-order valence-corrected chi connectivity index (χ2v) is 6.71. The first-order valence-electron chi connectivity index (χ1n) is 8.57. The molecule has 0 radical (unpaired) electrons. The van der Waals surface area contributed by atoms with Gasteiger partial charge in [0.25, 0.3) is 0 Å². The van der Waals surface area contributed by atoms with Crippen LogP contribution in [0.4, 0.5) is 4.39 Å². The van der Waals surface area contributed by atoms with Gasteiger partial charge in [-0.05, 0) is 37.0 Å². The highest BCUT2D eigenvalue weighted by Gasteiger charge is 2.40. The summed E-state index contributed by atoms with van der Waals surface area (Å²) in [4.78, 5) is 39.5. The zero-order chi connectivity index (χ0) is 18.0. The van der Waals surface area contributed by atoms with E-state index in [1.165, 1.54) is 17.0 Å². The highest BCUT2D eigenvalue weighted by Crippen LogP contribution is 2.25. The summed E-state index contributed by atoms with van der Waals surface area (Å²) in [7, 11) is 0. The van der Waals surface area contributed by atoms with E-state index in [1.807, 2.05) is 0 Å². The minimum absolute atomic E-state index is 0.0599. The molecule has 2 aliphatic rings.